The van der Waals surface area contributed by atoms with Crippen molar-refractivity contribution in [3.8, 4) is 0 Å². The first-order valence-electron chi connectivity index (χ1n) is 2.93. The molecule has 9 heavy (non-hydrogen) atoms. The summed E-state index contributed by atoms with van der Waals surface area (Å²) in [6.07, 6.45) is 9.08. The van der Waals surface area contributed by atoms with E-state index in [4.69, 9.17) is 15.5 Å². The Morgan fingerprint density at radius 2 is 2.56 bits per heavy atom. The average molecular weight is 164 g/mol. The van der Waals surface area contributed by atoms with Gasteiger partial charge < -0.3 is 0 Å². The van der Waals surface area contributed by atoms with Crippen LogP contribution in [-0.4, -0.2) is 0 Å². The van der Waals surface area contributed by atoms with Crippen molar-refractivity contribution in [1.29, 1.82) is 0 Å². The van der Waals surface area contributed by atoms with Crippen molar-refractivity contribution in [3.63, 3.8) is 0 Å². The van der Waals surface area contributed by atoms with Crippen molar-refractivity contribution in [2.75, 3.05) is 0 Å². The quantitative estimate of drug-likeness (QED) is 0.434. The van der Waals surface area contributed by atoms with E-state index >= 15 is 0 Å². The van der Waals surface area contributed by atoms with Gasteiger partial charge in [0, 0.05) is 0 Å². The van der Waals surface area contributed by atoms with Crippen LogP contribution in [0, 0.1) is 0 Å². The van der Waals surface area contributed by atoms with Crippen LogP contribution in [-0.2, 0) is 15.5 Å². The molecule has 0 heterocycles. The molecule has 0 N–H and O–H groups in total. The summed E-state index contributed by atoms with van der Waals surface area (Å²) >= 11 is 4.78. The van der Waals surface area contributed by atoms with Gasteiger partial charge in [-0.15, -0.1) is 0 Å². The zero-order valence-electron chi connectivity index (χ0n) is 5.12. The number of hydrogen-bond acceptors (Lipinski definition) is 0. The molecule has 0 aromatic heterocycles. The molecule has 0 radical (unpaired) electrons. The summed E-state index contributed by atoms with van der Waals surface area (Å²) in [6, 6.07) is 0. The summed E-state index contributed by atoms with van der Waals surface area (Å²) in [5, 5.41) is 0. The monoisotopic (exact) mass is 163 g/mol. The molecule has 1 unspecified atom stereocenters. The van der Waals surface area contributed by atoms with Gasteiger partial charge in [0.1, 0.15) is 0 Å². The van der Waals surface area contributed by atoms with E-state index in [0.29, 0.717) is 0 Å². The Bertz CT molecular complexity index is 165. The molecule has 0 saturated carbocycles. The SMILES string of the molecule is C=C[CH]([Ni])C1=CC=CC1. The van der Waals surface area contributed by atoms with Crippen molar-refractivity contribution in [3.05, 3.63) is 36.5 Å². The molecule has 1 heteroatoms. The maximum absolute atomic E-state index is 4.78. The molecule has 1 aliphatic rings. The fraction of sp³-hybridized carbons (Fsp3) is 0.250. The van der Waals surface area contributed by atoms with Gasteiger partial charge in [0.25, 0.3) is 0 Å². The Morgan fingerprint density at radius 3 is 3.00 bits per heavy atom. The maximum atomic E-state index is 4.78. The van der Waals surface area contributed by atoms with Crippen LogP contribution in [0.25, 0.3) is 0 Å². The van der Waals surface area contributed by atoms with Gasteiger partial charge >= 0.3 is 63.2 Å². The zero-order chi connectivity index (χ0) is 6.69. The Labute approximate surface area is 63.7 Å². The molecule has 0 aromatic rings. The van der Waals surface area contributed by atoms with E-state index in [0.717, 1.165) is 6.42 Å². The number of hydrogen-bond donors (Lipinski definition) is 0. The summed E-state index contributed by atoms with van der Waals surface area (Å²) in [5.74, 6) is 0. The minimum absolute atomic E-state index is 0.181. The third-order valence-corrected chi connectivity index (χ3v) is 1.92. The van der Waals surface area contributed by atoms with Crippen LogP contribution in [0.4, 0.5) is 0 Å². The molecular weight excluding hydrogens is 155 g/mol. The van der Waals surface area contributed by atoms with Crippen LogP contribution < -0.4 is 0 Å². The average Bonchev–Trinajstić information content (AvgIpc) is 2.37. The van der Waals surface area contributed by atoms with E-state index in [9.17, 15) is 0 Å². The van der Waals surface area contributed by atoms with Crippen molar-refractivity contribution in [2.24, 2.45) is 0 Å². The molecule has 1 aliphatic carbocycles. The van der Waals surface area contributed by atoms with Crippen molar-refractivity contribution < 1.29 is 15.5 Å². The van der Waals surface area contributed by atoms with Crippen LogP contribution >= 0.6 is 0 Å². The van der Waals surface area contributed by atoms with Gasteiger partial charge in [0.05, 0.1) is 0 Å². The molecule has 0 spiro atoms. The van der Waals surface area contributed by atoms with Gasteiger partial charge in [-0.1, -0.05) is 0 Å². The van der Waals surface area contributed by atoms with Crippen LogP contribution in [0.15, 0.2) is 36.5 Å². The van der Waals surface area contributed by atoms with Gasteiger partial charge in [-0.2, -0.15) is 0 Å². The van der Waals surface area contributed by atoms with Gasteiger partial charge in [-0.3, -0.25) is 0 Å². The van der Waals surface area contributed by atoms with Gasteiger partial charge in [-0.25, -0.2) is 0 Å². The molecule has 0 nitrogen and oxygen atoms in total. The van der Waals surface area contributed by atoms with Crippen LogP contribution in [0.1, 0.15) is 6.42 Å². The fourth-order valence-electron chi connectivity index (χ4n) is 0.806. The first kappa shape index (κ1) is 6.83. The minimum atomic E-state index is 0.181. The molecular formula is C8H9Ni. The predicted molar refractivity (Wildman–Crippen MR) is 35.8 cm³/mol. The van der Waals surface area contributed by atoms with E-state index in [2.05, 4.69) is 18.7 Å². The third-order valence-electron chi connectivity index (χ3n) is 1.32. The van der Waals surface area contributed by atoms with Crippen LogP contribution in [0.5, 0.6) is 0 Å². The van der Waals surface area contributed by atoms with E-state index in [1.807, 2.05) is 12.2 Å². The van der Waals surface area contributed by atoms with Crippen LogP contribution in [0.2, 0.25) is 4.89 Å². The zero-order valence-corrected chi connectivity index (χ0v) is 6.10. The number of allylic oxidation sites excluding steroid dienone is 5. The fourth-order valence-corrected chi connectivity index (χ4v) is 1.02. The Balaban J connectivity index is 2.54. The summed E-state index contributed by atoms with van der Waals surface area (Å²) in [6.45, 7) is 3.64. The Kier molecular flexibility index (Phi) is 2.30. The molecule has 1 atom stereocenters. The molecule has 0 aromatic carbocycles. The molecule has 0 fully saturated rings. The van der Waals surface area contributed by atoms with Gasteiger partial charge in [-0.05, 0) is 0 Å². The molecule has 0 amide bonds. The summed E-state index contributed by atoms with van der Waals surface area (Å²) in [4.78, 5) is 0.181. The molecule has 0 saturated heterocycles. The van der Waals surface area contributed by atoms with E-state index in [-0.39, 0.29) is 4.89 Å². The second-order valence-electron chi connectivity index (χ2n) is 1.97. The van der Waals surface area contributed by atoms with Gasteiger partial charge in [0.15, 0.2) is 0 Å². The second-order valence-corrected chi connectivity index (χ2v) is 2.59. The third kappa shape index (κ3) is 1.56. The van der Waals surface area contributed by atoms with Crippen molar-refractivity contribution in [1.82, 2.24) is 0 Å². The molecule has 0 aliphatic heterocycles. The number of rotatable bonds is 2. The first-order valence-corrected chi connectivity index (χ1v) is 3.50. The predicted octanol–water partition coefficient (Wildman–Crippen LogP) is 2.39. The topological polar surface area (TPSA) is 0 Å². The molecule has 0 bridgehead atoms. The Morgan fingerprint density at radius 1 is 1.78 bits per heavy atom. The first-order chi connectivity index (χ1) is 4.34. The molecule has 51 valence electrons. The standard InChI is InChI=1S/C8H9.Ni/c1-2-5-8-6-3-4-7-8;/h2-6H,1,7H2;. The van der Waals surface area contributed by atoms with Crippen molar-refractivity contribution in [2.45, 2.75) is 11.3 Å². The summed E-state index contributed by atoms with van der Waals surface area (Å²) in [7, 11) is 0. The van der Waals surface area contributed by atoms with Crippen molar-refractivity contribution >= 4 is 0 Å². The summed E-state index contributed by atoms with van der Waals surface area (Å²) < 4.78 is 0. The van der Waals surface area contributed by atoms with E-state index < -0.39 is 0 Å². The second kappa shape index (κ2) is 3.03. The Hall–Kier alpha value is -0.286. The van der Waals surface area contributed by atoms with Gasteiger partial charge in [0.2, 0.25) is 0 Å². The molecule has 1 rings (SSSR count). The van der Waals surface area contributed by atoms with E-state index in [1.165, 1.54) is 5.57 Å². The van der Waals surface area contributed by atoms with E-state index in [1.54, 1.807) is 0 Å². The normalized spacial score (nSPS) is 19.6. The summed E-state index contributed by atoms with van der Waals surface area (Å²) in [5.41, 5.74) is 1.31. The van der Waals surface area contributed by atoms with Crippen LogP contribution in [0.3, 0.4) is 0 Å².